The van der Waals surface area contributed by atoms with Gasteiger partial charge in [-0.2, -0.15) is 5.26 Å². The molecule has 0 fully saturated rings. The molecule has 0 aliphatic carbocycles. The summed E-state index contributed by atoms with van der Waals surface area (Å²) in [6.45, 7) is 0.0148. The van der Waals surface area contributed by atoms with Crippen molar-refractivity contribution in [3.63, 3.8) is 0 Å². The lowest BCUT2D eigenvalue weighted by molar-refractivity contribution is 0.476. The Labute approximate surface area is 85.4 Å². The van der Waals surface area contributed by atoms with Gasteiger partial charge in [-0.05, 0) is 12.1 Å². The van der Waals surface area contributed by atoms with Crippen molar-refractivity contribution in [2.45, 2.75) is 6.54 Å². The van der Waals surface area contributed by atoms with Crippen LogP contribution in [-0.2, 0) is 13.6 Å². The summed E-state index contributed by atoms with van der Waals surface area (Å²) >= 11 is 0. The molecule has 1 aromatic heterocycles. The third-order valence-electron chi connectivity index (χ3n) is 2.36. The third kappa shape index (κ3) is 1.27. The van der Waals surface area contributed by atoms with Gasteiger partial charge in [-0.25, -0.2) is 4.79 Å². The van der Waals surface area contributed by atoms with Crippen LogP contribution in [0.25, 0.3) is 11.0 Å². The summed E-state index contributed by atoms with van der Waals surface area (Å²) in [6.07, 6.45) is 0. The van der Waals surface area contributed by atoms with Gasteiger partial charge in [0.15, 0.2) is 0 Å². The molecule has 0 saturated heterocycles. The Hall–Kier alpha value is -2.22. The van der Waals surface area contributed by atoms with E-state index in [9.17, 15) is 9.90 Å². The maximum Gasteiger partial charge on any atom is 0.329 e. The molecule has 5 nitrogen and oxygen atoms in total. The normalized spacial score (nSPS) is 10.4. The van der Waals surface area contributed by atoms with Crippen LogP contribution in [0.4, 0.5) is 0 Å². The van der Waals surface area contributed by atoms with Gasteiger partial charge in [0.1, 0.15) is 12.3 Å². The second kappa shape index (κ2) is 3.17. The van der Waals surface area contributed by atoms with Crippen LogP contribution in [0.15, 0.2) is 23.0 Å². The fourth-order valence-electron chi connectivity index (χ4n) is 1.62. The second-order valence-corrected chi connectivity index (χ2v) is 3.26. The molecule has 0 aliphatic heterocycles. The summed E-state index contributed by atoms with van der Waals surface area (Å²) in [5, 5.41) is 17.9. The van der Waals surface area contributed by atoms with Crippen LogP contribution in [-0.4, -0.2) is 14.2 Å². The fraction of sp³-hybridized carbons (Fsp3) is 0.200. The molecular formula is C10H9N3O2. The molecule has 0 unspecified atom stereocenters. The highest BCUT2D eigenvalue weighted by Gasteiger charge is 2.10. The Bertz CT molecular complexity index is 616. The Kier molecular flexibility index (Phi) is 1.97. The minimum atomic E-state index is -0.253. The summed E-state index contributed by atoms with van der Waals surface area (Å²) in [6, 6.07) is 6.56. The maximum absolute atomic E-state index is 11.7. The van der Waals surface area contributed by atoms with E-state index >= 15 is 0 Å². The quantitative estimate of drug-likeness (QED) is 0.736. The molecule has 0 radical (unpaired) electrons. The second-order valence-electron chi connectivity index (χ2n) is 3.26. The average molecular weight is 203 g/mol. The standard InChI is InChI=1S/C10H9N3O2/c1-12-9-6-7(14)2-3-8(9)13(5-4-11)10(12)15/h2-3,6,14H,5H2,1H3. The van der Waals surface area contributed by atoms with Crippen molar-refractivity contribution < 1.29 is 5.11 Å². The number of phenolic OH excluding ortho intramolecular Hbond substituents is 1. The first-order valence-electron chi connectivity index (χ1n) is 4.40. The van der Waals surface area contributed by atoms with Crippen LogP contribution in [0.1, 0.15) is 0 Å². The number of hydrogen-bond donors (Lipinski definition) is 1. The molecule has 0 saturated carbocycles. The molecule has 1 heterocycles. The van der Waals surface area contributed by atoms with Crippen LogP contribution in [0, 0.1) is 11.3 Å². The van der Waals surface area contributed by atoms with Gasteiger partial charge in [0, 0.05) is 13.1 Å². The molecule has 1 aromatic carbocycles. The minimum absolute atomic E-state index is 0.0148. The van der Waals surface area contributed by atoms with E-state index < -0.39 is 0 Å². The van der Waals surface area contributed by atoms with Gasteiger partial charge >= 0.3 is 5.69 Å². The average Bonchev–Trinajstić information content (AvgIpc) is 2.44. The number of hydrogen-bond acceptors (Lipinski definition) is 3. The summed E-state index contributed by atoms with van der Waals surface area (Å²) in [5.41, 5.74) is 1.02. The number of nitrogens with zero attached hydrogens (tertiary/aromatic N) is 3. The van der Waals surface area contributed by atoms with E-state index in [-0.39, 0.29) is 18.0 Å². The van der Waals surface area contributed by atoms with Crippen molar-refractivity contribution in [2.24, 2.45) is 7.05 Å². The van der Waals surface area contributed by atoms with Gasteiger partial charge in [0.2, 0.25) is 0 Å². The van der Waals surface area contributed by atoms with E-state index in [1.165, 1.54) is 21.3 Å². The molecule has 0 spiro atoms. The highest BCUT2D eigenvalue weighted by atomic mass is 16.3. The van der Waals surface area contributed by atoms with Crippen molar-refractivity contribution in [3.8, 4) is 11.8 Å². The van der Waals surface area contributed by atoms with Crippen molar-refractivity contribution in [2.75, 3.05) is 0 Å². The lowest BCUT2D eigenvalue weighted by Gasteiger charge is -1.96. The Balaban J connectivity index is 2.89. The number of aryl methyl sites for hydroxylation is 1. The van der Waals surface area contributed by atoms with Gasteiger partial charge in [-0.1, -0.05) is 0 Å². The van der Waals surface area contributed by atoms with Crippen molar-refractivity contribution in [1.29, 1.82) is 5.26 Å². The van der Waals surface area contributed by atoms with Crippen LogP contribution >= 0.6 is 0 Å². The summed E-state index contributed by atoms with van der Waals surface area (Å²) in [4.78, 5) is 11.7. The van der Waals surface area contributed by atoms with E-state index in [4.69, 9.17) is 5.26 Å². The van der Waals surface area contributed by atoms with E-state index in [1.807, 2.05) is 6.07 Å². The predicted octanol–water partition coefficient (Wildman–Crippen LogP) is 0.569. The van der Waals surface area contributed by atoms with Crippen LogP contribution in [0.5, 0.6) is 5.75 Å². The first kappa shape index (κ1) is 9.34. The molecule has 1 N–H and O–H groups in total. The number of rotatable bonds is 1. The van der Waals surface area contributed by atoms with Crippen LogP contribution < -0.4 is 5.69 Å². The number of aromatic hydroxyl groups is 1. The number of nitriles is 1. The first-order valence-corrected chi connectivity index (χ1v) is 4.40. The summed E-state index contributed by atoms with van der Waals surface area (Å²) in [7, 11) is 1.61. The highest BCUT2D eigenvalue weighted by molar-refractivity contribution is 5.77. The number of fused-ring (bicyclic) bond motifs is 1. The van der Waals surface area contributed by atoms with E-state index in [2.05, 4.69) is 0 Å². The molecule has 0 bridgehead atoms. The van der Waals surface area contributed by atoms with Crippen LogP contribution in [0.2, 0.25) is 0 Å². The minimum Gasteiger partial charge on any atom is -0.508 e. The Morgan fingerprint density at radius 1 is 1.47 bits per heavy atom. The van der Waals surface area contributed by atoms with E-state index in [0.29, 0.717) is 11.0 Å². The van der Waals surface area contributed by atoms with Gasteiger partial charge in [-0.15, -0.1) is 0 Å². The van der Waals surface area contributed by atoms with Crippen LogP contribution in [0.3, 0.4) is 0 Å². The third-order valence-corrected chi connectivity index (χ3v) is 2.36. The topological polar surface area (TPSA) is 71.0 Å². The van der Waals surface area contributed by atoms with Crippen molar-refractivity contribution >= 4 is 11.0 Å². The van der Waals surface area contributed by atoms with E-state index in [0.717, 1.165) is 0 Å². The SMILES string of the molecule is Cn1c(=O)n(CC#N)c2ccc(O)cc21. The molecule has 2 aromatic rings. The first-order chi connectivity index (χ1) is 7.15. The van der Waals surface area contributed by atoms with Gasteiger partial charge in [0.05, 0.1) is 17.1 Å². The lowest BCUT2D eigenvalue weighted by atomic mass is 10.3. The van der Waals surface area contributed by atoms with E-state index in [1.54, 1.807) is 13.1 Å². The molecule has 0 aliphatic rings. The predicted molar refractivity (Wildman–Crippen MR) is 54.5 cm³/mol. The van der Waals surface area contributed by atoms with Gasteiger partial charge in [-0.3, -0.25) is 9.13 Å². The van der Waals surface area contributed by atoms with Gasteiger partial charge in [0.25, 0.3) is 0 Å². The molecule has 0 amide bonds. The summed E-state index contributed by atoms with van der Waals surface area (Å²) in [5.74, 6) is 0.104. The molecule has 15 heavy (non-hydrogen) atoms. The largest absolute Gasteiger partial charge is 0.508 e. The zero-order chi connectivity index (χ0) is 11.0. The number of benzene rings is 1. The zero-order valence-corrected chi connectivity index (χ0v) is 8.14. The summed E-state index contributed by atoms with van der Waals surface area (Å²) < 4.78 is 2.78. The van der Waals surface area contributed by atoms with Crippen molar-refractivity contribution in [3.05, 3.63) is 28.7 Å². The smallest absolute Gasteiger partial charge is 0.329 e. The van der Waals surface area contributed by atoms with Crippen molar-refractivity contribution in [1.82, 2.24) is 9.13 Å². The molecule has 76 valence electrons. The number of aromatic nitrogens is 2. The fourth-order valence-corrected chi connectivity index (χ4v) is 1.62. The molecule has 5 heteroatoms. The lowest BCUT2D eigenvalue weighted by Crippen LogP contribution is -2.21. The Morgan fingerprint density at radius 2 is 2.20 bits per heavy atom. The molecule has 0 atom stereocenters. The number of imidazole rings is 1. The monoisotopic (exact) mass is 203 g/mol. The Morgan fingerprint density at radius 3 is 2.87 bits per heavy atom. The van der Waals surface area contributed by atoms with Gasteiger partial charge < -0.3 is 5.11 Å². The molecular weight excluding hydrogens is 194 g/mol. The maximum atomic E-state index is 11.7. The highest BCUT2D eigenvalue weighted by Crippen LogP contribution is 2.18. The molecule has 2 rings (SSSR count). The number of phenols is 1. The zero-order valence-electron chi connectivity index (χ0n) is 8.14.